The van der Waals surface area contributed by atoms with Crippen LogP contribution in [-0.4, -0.2) is 21.3 Å². The minimum Gasteiger partial charge on any atom is -0.493 e. The molecule has 0 radical (unpaired) electrons. The molecule has 0 aliphatic carbocycles. The monoisotopic (exact) mass is 280 g/mol. The quantitative estimate of drug-likeness (QED) is 0.694. The molecule has 1 aromatic carbocycles. The van der Waals surface area contributed by atoms with E-state index in [4.69, 9.17) is 14.2 Å². The van der Waals surface area contributed by atoms with E-state index in [2.05, 4.69) is 32.9 Å². The third-order valence-electron chi connectivity index (χ3n) is 3.55. The second kappa shape index (κ2) is 8.03. The van der Waals surface area contributed by atoms with E-state index in [1.807, 2.05) is 0 Å². The maximum absolute atomic E-state index is 5.45. The van der Waals surface area contributed by atoms with Crippen LogP contribution in [0.25, 0.3) is 0 Å². The van der Waals surface area contributed by atoms with E-state index in [1.54, 1.807) is 21.3 Å². The van der Waals surface area contributed by atoms with Crippen molar-refractivity contribution < 1.29 is 14.2 Å². The minimum atomic E-state index is 0.536. The third kappa shape index (κ3) is 4.06. The minimum absolute atomic E-state index is 0.536. The Kier molecular flexibility index (Phi) is 6.69. The van der Waals surface area contributed by atoms with Crippen molar-refractivity contribution in [3.8, 4) is 17.2 Å². The number of benzene rings is 1. The van der Waals surface area contributed by atoms with Gasteiger partial charge in [-0.05, 0) is 42.4 Å². The zero-order valence-electron chi connectivity index (χ0n) is 13.7. The van der Waals surface area contributed by atoms with E-state index in [0.717, 1.165) is 11.5 Å². The third-order valence-corrected chi connectivity index (χ3v) is 3.55. The highest BCUT2D eigenvalue weighted by Gasteiger charge is 2.19. The van der Waals surface area contributed by atoms with Crippen LogP contribution in [0.1, 0.15) is 51.5 Å². The van der Waals surface area contributed by atoms with Crippen LogP contribution in [0.2, 0.25) is 0 Å². The summed E-state index contributed by atoms with van der Waals surface area (Å²) < 4.78 is 16.3. The first-order valence-corrected chi connectivity index (χ1v) is 7.37. The molecule has 20 heavy (non-hydrogen) atoms. The molecule has 0 aliphatic heterocycles. The Hall–Kier alpha value is -1.38. The topological polar surface area (TPSA) is 27.7 Å². The van der Waals surface area contributed by atoms with Crippen molar-refractivity contribution in [3.05, 3.63) is 17.7 Å². The summed E-state index contributed by atoms with van der Waals surface area (Å²) in [4.78, 5) is 0. The van der Waals surface area contributed by atoms with Crippen molar-refractivity contribution in [1.82, 2.24) is 0 Å². The molecule has 0 aromatic heterocycles. The fraction of sp³-hybridized carbons (Fsp3) is 0.647. The van der Waals surface area contributed by atoms with Crippen LogP contribution in [-0.2, 0) is 0 Å². The molecule has 0 heterocycles. The summed E-state index contributed by atoms with van der Waals surface area (Å²) in [5.41, 5.74) is 1.27. The number of rotatable bonds is 8. The van der Waals surface area contributed by atoms with E-state index in [0.29, 0.717) is 17.6 Å². The van der Waals surface area contributed by atoms with E-state index in [-0.39, 0.29) is 0 Å². The van der Waals surface area contributed by atoms with Crippen molar-refractivity contribution >= 4 is 0 Å². The summed E-state index contributed by atoms with van der Waals surface area (Å²) in [5.74, 6) is 3.36. The molecular weight excluding hydrogens is 252 g/mol. The zero-order valence-corrected chi connectivity index (χ0v) is 13.7. The van der Waals surface area contributed by atoms with Gasteiger partial charge in [0.05, 0.1) is 21.3 Å². The van der Waals surface area contributed by atoms with Gasteiger partial charge in [-0.2, -0.15) is 0 Å². The lowest BCUT2D eigenvalue weighted by Crippen LogP contribution is -2.05. The molecule has 0 N–H and O–H groups in total. The van der Waals surface area contributed by atoms with Crippen LogP contribution >= 0.6 is 0 Å². The maximum Gasteiger partial charge on any atom is 0.203 e. The molecule has 0 saturated carbocycles. The van der Waals surface area contributed by atoms with Gasteiger partial charge in [0.15, 0.2) is 11.5 Å². The number of hydrogen-bond donors (Lipinski definition) is 0. The predicted molar refractivity (Wildman–Crippen MR) is 83.2 cm³/mol. The molecular formula is C17H28O3. The van der Waals surface area contributed by atoms with Crippen LogP contribution in [0.15, 0.2) is 12.1 Å². The van der Waals surface area contributed by atoms with Crippen molar-refractivity contribution in [2.45, 2.75) is 46.0 Å². The Balaban J connectivity index is 3.20. The van der Waals surface area contributed by atoms with Gasteiger partial charge in [0.1, 0.15) is 0 Å². The molecule has 0 amide bonds. The first-order chi connectivity index (χ1) is 9.57. The molecule has 114 valence electrons. The van der Waals surface area contributed by atoms with E-state index >= 15 is 0 Å². The highest BCUT2D eigenvalue weighted by molar-refractivity contribution is 5.54. The highest BCUT2D eigenvalue weighted by Crippen LogP contribution is 2.42. The van der Waals surface area contributed by atoms with Crippen LogP contribution in [0.5, 0.6) is 17.2 Å². The average Bonchev–Trinajstić information content (AvgIpc) is 2.44. The number of ether oxygens (including phenoxy) is 3. The first-order valence-electron chi connectivity index (χ1n) is 7.37. The highest BCUT2D eigenvalue weighted by atomic mass is 16.5. The zero-order chi connectivity index (χ0) is 15.1. The predicted octanol–water partition coefficient (Wildman–Crippen LogP) is 4.64. The summed E-state index contributed by atoms with van der Waals surface area (Å²) >= 11 is 0. The molecule has 3 heteroatoms. The van der Waals surface area contributed by atoms with Gasteiger partial charge in [0.25, 0.3) is 0 Å². The smallest absolute Gasteiger partial charge is 0.203 e. The fourth-order valence-electron chi connectivity index (χ4n) is 2.68. The first kappa shape index (κ1) is 16.7. The van der Waals surface area contributed by atoms with Gasteiger partial charge in [-0.25, -0.2) is 0 Å². The van der Waals surface area contributed by atoms with Gasteiger partial charge in [0.2, 0.25) is 5.75 Å². The molecule has 3 nitrogen and oxygen atoms in total. The van der Waals surface area contributed by atoms with Crippen LogP contribution < -0.4 is 14.2 Å². The fourth-order valence-corrected chi connectivity index (χ4v) is 2.68. The molecule has 0 saturated heterocycles. The van der Waals surface area contributed by atoms with E-state index in [9.17, 15) is 0 Å². The van der Waals surface area contributed by atoms with Crippen molar-refractivity contribution in [2.24, 2.45) is 5.92 Å². The lowest BCUT2D eigenvalue weighted by Gasteiger charge is -2.21. The van der Waals surface area contributed by atoms with Gasteiger partial charge in [-0.15, -0.1) is 0 Å². The normalized spacial score (nSPS) is 12.3. The molecule has 1 atom stereocenters. The Labute approximate surface area is 123 Å². The Morgan fingerprint density at radius 2 is 1.50 bits per heavy atom. The Morgan fingerprint density at radius 1 is 0.950 bits per heavy atom. The molecule has 0 spiro atoms. The van der Waals surface area contributed by atoms with Crippen LogP contribution in [0.3, 0.4) is 0 Å². The lowest BCUT2D eigenvalue weighted by atomic mass is 9.86. The second-order valence-electron chi connectivity index (χ2n) is 5.57. The number of methoxy groups -OCH3 is 3. The molecule has 0 bridgehead atoms. The summed E-state index contributed by atoms with van der Waals surface area (Å²) in [5, 5.41) is 0. The summed E-state index contributed by atoms with van der Waals surface area (Å²) in [6.07, 6.45) is 3.53. The van der Waals surface area contributed by atoms with Crippen molar-refractivity contribution in [1.29, 1.82) is 0 Å². The van der Waals surface area contributed by atoms with Crippen molar-refractivity contribution in [3.63, 3.8) is 0 Å². The Morgan fingerprint density at radius 3 is 1.85 bits per heavy atom. The van der Waals surface area contributed by atoms with Gasteiger partial charge in [-0.1, -0.05) is 27.2 Å². The maximum atomic E-state index is 5.45. The van der Waals surface area contributed by atoms with Crippen LogP contribution in [0.4, 0.5) is 0 Å². The molecule has 0 aliphatic rings. The molecule has 0 fully saturated rings. The van der Waals surface area contributed by atoms with E-state index in [1.165, 1.54) is 24.8 Å². The summed E-state index contributed by atoms with van der Waals surface area (Å²) in [6.45, 7) is 6.76. The van der Waals surface area contributed by atoms with Gasteiger partial charge in [-0.3, -0.25) is 0 Å². The summed E-state index contributed by atoms with van der Waals surface area (Å²) in [6, 6.07) is 4.17. The molecule has 1 unspecified atom stereocenters. The van der Waals surface area contributed by atoms with Crippen molar-refractivity contribution in [2.75, 3.05) is 21.3 Å². The SMILES string of the molecule is CCCC(CC(C)C)c1cc(OC)c(OC)c(OC)c1. The average molecular weight is 280 g/mol. The lowest BCUT2D eigenvalue weighted by molar-refractivity contribution is 0.322. The van der Waals surface area contributed by atoms with E-state index < -0.39 is 0 Å². The van der Waals surface area contributed by atoms with Gasteiger partial charge >= 0.3 is 0 Å². The Bertz CT molecular complexity index is 388. The summed E-state index contributed by atoms with van der Waals surface area (Å²) in [7, 11) is 4.97. The second-order valence-corrected chi connectivity index (χ2v) is 5.57. The van der Waals surface area contributed by atoms with Crippen LogP contribution in [0, 0.1) is 5.92 Å². The van der Waals surface area contributed by atoms with Gasteiger partial charge in [0, 0.05) is 0 Å². The molecule has 1 aromatic rings. The number of hydrogen-bond acceptors (Lipinski definition) is 3. The molecule has 1 rings (SSSR count). The standard InChI is InChI=1S/C17H28O3/c1-7-8-13(9-12(2)3)14-10-15(18-4)17(20-6)16(11-14)19-5/h10-13H,7-9H2,1-6H3. The van der Waals surface area contributed by atoms with Gasteiger partial charge < -0.3 is 14.2 Å². The largest absolute Gasteiger partial charge is 0.493 e.